The molecule has 1 saturated carbocycles. The standard InChI is InChI=1S/C36H33ClN2O7/c1-18-10-11-21(16-26(18)37)38-32(41)23-13-12-22-24(29(23)34(38)43)17-25-33(42)39(20-8-6-5-7-9-20)35(44)36(25,2)30(22)19-14-27(45-3)31(40)28(15-19)46-4/h5-12,14-16,23-25,29-30,40H,13,17H2,1-4H3/t23-,24+,25-,29-,30-,36+/m0/s1. The SMILES string of the molecule is COc1cc([C@H]2C3=CC[C@@H]4C(=O)N(c5ccc(C)c(Cl)c5)C(=O)[C@@H]4[C@@H]3C[C@H]3C(=O)N(c4ccccc4)C(=O)[C@@]23C)cc(OC)c1O. The van der Waals surface area contributed by atoms with Crippen LogP contribution in [0.2, 0.25) is 5.02 Å². The number of ether oxygens (including phenoxy) is 2. The van der Waals surface area contributed by atoms with Crippen molar-refractivity contribution in [1.29, 1.82) is 0 Å². The molecule has 10 heteroatoms. The number of hydrogen-bond donors (Lipinski definition) is 1. The molecule has 46 heavy (non-hydrogen) atoms. The number of rotatable bonds is 5. The molecule has 0 aromatic heterocycles. The van der Waals surface area contributed by atoms with Gasteiger partial charge in [0.2, 0.25) is 29.4 Å². The van der Waals surface area contributed by atoms with Gasteiger partial charge >= 0.3 is 0 Å². The lowest BCUT2D eigenvalue weighted by molar-refractivity contribution is -0.131. The molecule has 1 N–H and O–H groups in total. The molecular weight excluding hydrogens is 608 g/mol. The third-order valence-corrected chi connectivity index (χ3v) is 10.9. The summed E-state index contributed by atoms with van der Waals surface area (Å²) in [6, 6.07) is 17.3. The van der Waals surface area contributed by atoms with Crippen molar-refractivity contribution >= 4 is 46.6 Å². The predicted molar refractivity (Wildman–Crippen MR) is 171 cm³/mol. The number of fused-ring (bicyclic) bond motifs is 4. The highest BCUT2D eigenvalue weighted by molar-refractivity contribution is 6.32. The minimum absolute atomic E-state index is 0.150. The maximum atomic E-state index is 14.6. The molecule has 3 aromatic carbocycles. The number of aryl methyl sites for hydroxylation is 1. The van der Waals surface area contributed by atoms with Gasteiger partial charge in [-0.3, -0.25) is 19.2 Å². The summed E-state index contributed by atoms with van der Waals surface area (Å²) in [4.78, 5) is 59.5. The number of aromatic hydroxyl groups is 1. The second-order valence-electron chi connectivity index (χ2n) is 12.7. The van der Waals surface area contributed by atoms with Crippen LogP contribution >= 0.6 is 11.6 Å². The van der Waals surface area contributed by atoms with E-state index in [4.69, 9.17) is 21.1 Å². The zero-order valence-electron chi connectivity index (χ0n) is 25.8. The number of hydrogen-bond acceptors (Lipinski definition) is 7. The van der Waals surface area contributed by atoms with E-state index in [0.717, 1.165) is 11.1 Å². The molecule has 0 radical (unpaired) electrons. The van der Waals surface area contributed by atoms with Gasteiger partial charge in [-0.2, -0.15) is 0 Å². The Morgan fingerprint density at radius 3 is 2.15 bits per heavy atom. The van der Waals surface area contributed by atoms with Crippen LogP contribution in [0.25, 0.3) is 0 Å². The summed E-state index contributed by atoms with van der Waals surface area (Å²) in [7, 11) is 2.85. The van der Waals surface area contributed by atoms with Crippen molar-refractivity contribution in [1.82, 2.24) is 0 Å². The number of para-hydroxylation sites is 1. The van der Waals surface area contributed by atoms with Crippen molar-refractivity contribution in [3.8, 4) is 17.2 Å². The van der Waals surface area contributed by atoms with E-state index >= 15 is 0 Å². The van der Waals surface area contributed by atoms with Crippen LogP contribution in [0.15, 0.2) is 72.3 Å². The smallest absolute Gasteiger partial charge is 0.241 e. The molecule has 3 aromatic rings. The van der Waals surface area contributed by atoms with E-state index in [1.165, 1.54) is 24.0 Å². The Kier molecular flexibility index (Phi) is 7.01. The lowest BCUT2D eigenvalue weighted by Gasteiger charge is -2.49. The number of amides is 4. The second-order valence-corrected chi connectivity index (χ2v) is 13.1. The molecule has 4 amide bonds. The van der Waals surface area contributed by atoms with Crippen LogP contribution in [-0.2, 0) is 19.2 Å². The number of halogens is 1. The van der Waals surface area contributed by atoms with Crippen molar-refractivity contribution in [2.75, 3.05) is 24.0 Å². The summed E-state index contributed by atoms with van der Waals surface area (Å²) < 4.78 is 11.0. The van der Waals surface area contributed by atoms with Gasteiger partial charge in [-0.15, -0.1) is 0 Å². The van der Waals surface area contributed by atoms with Crippen LogP contribution in [0, 0.1) is 36.0 Å². The van der Waals surface area contributed by atoms with Crippen molar-refractivity contribution in [3.05, 3.63) is 88.5 Å². The molecule has 0 spiro atoms. The number of anilines is 2. The average Bonchev–Trinajstić information content (AvgIpc) is 3.42. The Bertz CT molecular complexity index is 1830. The van der Waals surface area contributed by atoms with Crippen molar-refractivity contribution < 1.29 is 33.8 Å². The van der Waals surface area contributed by atoms with Gasteiger partial charge in [-0.25, -0.2) is 9.80 Å². The maximum Gasteiger partial charge on any atom is 0.241 e. The molecule has 3 fully saturated rings. The Labute approximate surface area is 271 Å². The lowest BCUT2D eigenvalue weighted by atomic mass is 9.51. The number of allylic oxidation sites excluding steroid dienone is 2. The number of carbonyl (C=O) groups is 4. The maximum absolute atomic E-state index is 14.6. The Balaban J connectivity index is 1.39. The largest absolute Gasteiger partial charge is 0.502 e. The Morgan fingerprint density at radius 1 is 0.848 bits per heavy atom. The van der Waals surface area contributed by atoms with Gasteiger partial charge in [0.1, 0.15) is 0 Å². The van der Waals surface area contributed by atoms with Gasteiger partial charge < -0.3 is 14.6 Å². The first kappa shape index (κ1) is 30.0. The molecule has 7 rings (SSSR count). The second kappa shape index (κ2) is 10.7. The number of phenols is 1. The van der Waals surface area contributed by atoms with Crippen LogP contribution in [0.1, 0.15) is 36.8 Å². The molecule has 0 bridgehead atoms. The zero-order valence-corrected chi connectivity index (χ0v) is 26.6. The molecule has 2 aliphatic carbocycles. The molecule has 4 aliphatic rings. The van der Waals surface area contributed by atoms with E-state index in [0.29, 0.717) is 28.4 Å². The molecule has 2 saturated heterocycles. The highest BCUT2D eigenvalue weighted by Gasteiger charge is 2.67. The topological polar surface area (TPSA) is 113 Å². The van der Waals surface area contributed by atoms with E-state index in [2.05, 4.69) is 0 Å². The number of imide groups is 2. The minimum atomic E-state index is -1.25. The van der Waals surface area contributed by atoms with E-state index in [-0.39, 0.29) is 47.3 Å². The summed E-state index contributed by atoms with van der Waals surface area (Å²) in [5.74, 6) is -4.55. The summed E-state index contributed by atoms with van der Waals surface area (Å²) in [6.07, 6.45) is 2.50. The van der Waals surface area contributed by atoms with E-state index in [9.17, 15) is 24.3 Å². The number of carbonyl (C=O) groups excluding carboxylic acids is 4. The van der Waals surface area contributed by atoms with E-state index in [1.54, 1.807) is 54.6 Å². The predicted octanol–water partition coefficient (Wildman–Crippen LogP) is 5.81. The monoisotopic (exact) mass is 640 g/mol. The normalized spacial score (nSPS) is 28.5. The first-order valence-electron chi connectivity index (χ1n) is 15.2. The van der Waals surface area contributed by atoms with Gasteiger partial charge in [-0.1, -0.05) is 47.5 Å². The molecule has 6 atom stereocenters. The summed E-state index contributed by atoms with van der Waals surface area (Å²) in [5.41, 5.74) is 1.88. The van der Waals surface area contributed by atoms with Gasteiger partial charge in [0, 0.05) is 10.9 Å². The van der Waals surface area contributed by atoms with Gasteiger partial charge in [0.25, 0.3) is 0 Å². The lowest BCUT2D eigenvalue weighted by Crippen LogP contribution is -2.48. The molecule has 236 valence electrons. The highest BCUT2D eigenvalue weighted by Crippen LogP contribution is 2.64. The first-order valence-corrected chi connectivity index (χ1v) is 15.6. The number of nitrogens with zero attached hydrogens (tertiary/aromatic N) is 2. The fourth-order valence-electron chi connectivity index (χ4n) is 8.27. The third kappa shape index (κ3) is 4.07. The van der Waals surface area contributed by atoms with E-state index < -0.39 is 35.0 Å². The van der Waals surface area contributed by atoms with Gasteiger partial charge in [0.15, 0.2) is 11.5 Å². The molecular formula is C36H33ClN2O7. The first-order chi connectivity index (χ1) is 22.0. The van der Waals surface area contributed by atoms with Gasteiger partial charge in [0.05, 0.1) is 48.8 Å². The van der Waals surface area contributed by atoms with Crippen LogP contribution in [-0.4, -0.2) is 43.0 Å². The number of benzene rings is 3. The fraction of sp³-hybridized carbons (Fsp3) is 0.333. The number of methoxy groups -OCH3 is 2. The van der Waals surface area contributed by atoms with E-state index in [1.807, 2.05) is 26.0 Å². The summed E-state index contributed by atoms with van der Waals surface area (Å²) in [5, 5.41) is 11.2. The Hall–Kier alpha value is -4.63. The summed E-state index contributed by atoms with van der Waals surface area (Å²) >= 11 is 6.40. The van der Waals surface area contributed by atoms with Crippen LogP contribution < -0.4 is 19.3 Å². The number of phenolic OH excluding ortho intramolecular Hbond substituents is 1. The summed E-state index contributed by atoms with van der Waals surface area (Å²) in [6.45, 7) is 3.66. The minimum Gasteiger partial charge on any atom is -0.502 e. The zero-order chi connectivity index (χ0) is 32.7. The van der Waals surface area contributed by atoms with Crippen molar-refractivity contribution in [2.24, 2.45) is 29.1 Å². The highest BCUT2D eigenvalue weighted by atomic mass is 35.5. The van der Waals surface area contributed by atoms with Crippen molar-refractivity contribution in [2.45, 2.75) is 32.6 Å². The molecule has 2 aliphatic heterocycles. The van der Waals surface area contributed by atoms with Crippen LogP contribution in [0.5, 0.6) is 17.2 Å². The quantitative estimate of drug-likeness (QED) is 0.277. The average molecular weight is 641 g/mol. The fourth-order valence-corrected chi connectivity index (χ4v) is 8.45. The molecule has 2 heterocycles. The van der Waals surface area contributed by atoms with Crippen LogP contribution in [0.3, 0.4) is 0 Å². The third-order valence-electron chi connectivity index (χ3n) is 10.5. The van der Waals surface area contributed by atoms with Crippen molar-refractivity contribution in [3.63, 3.8) is 0 Å². The molecule has 0 unspecified atom stereocenters. The van der Waals surface area contributed by atoms with Gasteiger partial charge in [-0.05, 0) is 80.1 Å². The Morgan fingerprint density at radius 2 is 1.52 bits per heavy atom. The van der Waals surface area contributed by atoms with Crippen LogP contribution in [0.4, 0.5) is 11.4 Å². The molecule has 9 nitrogen and oxygen atoms in total.